The lowest BCUT2D eigenvalue weighted by atomic mass is 10.4. The molecular formula is C12H18N4S. The third-order valence-electron chi connectivity index (χ3n) is 2.57. The number of aryl methyl sites for hydroxylation is 1. The van der Waals surface area contributed by atoms with E-state index in [1.165, 1.54) is 10.7 Å². The van der Waals surface area contributed by atoms with Gasteiger partial charge in [-0.25, -0.2) is 9.97 Å². The van der Waals surface area contributed by atoms with Crippen molar-refractivity contribution in [3.63, 3.8) is 0 Å². The fraction of sp³-hybridized carbons (Fsp3) is 0.500. The van der Waals surface area contributed by atoms with Crippen molar-refractivity contribution >= 4 is 11.3 Å². The Hall–Kier alpha value is -1.20. The van der Waals surface area contributed by atoms with Gasteiger partial charge in [-0.15, -0.1) is 11.3 Å². The van der Waals surface area contributed by atoms with Gasteiger partial charge in [-0.2, -0.15) is 0 Å². The zero-order chi connectivity index (χ0) is 11.9. The van der Waals surface area contributed by atoms with Gasteiger partial charge in [0.05, 0.1) is 17.0 Å². The molecule has 5 heteroatoms. The molecule has 92 valence electrons. The number of nitrogens with one attached hydrogen (secondary N) is 1. The second-order valence-corrected chi connectivity index (χ2v) is 4.91. The molecule has 0 atom stereocenters. The average molecular weight is 250 g/mol. The number of aromatic nitrogens is 3. The highest BCUT2D eigenvalue weighted by Crippen LogP contribution is 2.04. The van der Waals surface area contributed by atoms with Crippen LogP contribution in [0.1, 0.15) is 24.0 Å². The molecule has 0 saturated heterocycles. The molecule has 0 spiro atoms. The van der Waals surface area contributed by atoms with Crippen LogP contribution in [0.2, 0.25) is 0 Å². The van der Waals surface area contributed by atoms with Gasteiger partial charge in [0, 0.05) is 43.8 Å². The van der Waals surface area contributed by atoms with E-state index in [1.54, 1.807) is 11.3 Å². The van der Waals surface area contributed by atoms with Crippen molar-refractivity contribution in [1.82, 2.24) is 19.9 Å². The lowest BCUT2D eigenvalue weighted by molar-refractivity contribution is 0.601. The van der Waals surface area contributed by atoms with Crippen molar-refractivity contribution in [3.05, 3.63) is 34.8 Å². The molecule has 0 saturated carbocycles. The minimum atomic E-state index is 0.880. The molecular weight excluding hydrogens is 232 g/mol. The summed E-state index contributed by atoms with van der Waals surface area (Å²) in [7, 11) is 0. The normalized spacial score (nSPS) is 10.9. The van der Waals surface area contributed by atoms with E-state index in [-0.39, 0.29) is 0 Å². The summed E-state index contributed by atoms with van der Waals surface area (Å²) in [6, 6.07) is 0. The number of imidazole rings is 1. The molecule has 0 aliphatic carbocycles. The first-order valence-electron chi connectivity index (χ1n) is 5.98. The number of thiazole rings is 1. The largest absolute Gasteiger partial charge is 0.333 e. The zero-order valence-corrected chi connectivity index (χ0v) is 10.9. The molecule has 4 nitrogen and oxygen atoms in total. The van der Waals surface area contributed by atoms with Crippen molar-refractivity contribution in [2.45, 2.75) is 32.9 Å². The maximum atomic E-state index is 4.26. The number of hydrogen-bond donors (Lipinski definition) is 1. The van der Waals surface area contributed by atoms with Crippen LogP contribution < -0.4 is 5.32 Å². The van der Waals surface area contributed by atoms with Crippen molar-refractivity contribution < 1.29 is 0 Å². The summed E-state index contributed by atoms with van der Waals surface area (Å²) in [4.78, 5) is 8.44. The van der Waals surface area contributed by atoms with Gasteiger partial charge in [-0.1, -0.05) is 6.92 Å². The van der Waals surface area contributed by atoms with E-state index < -0.39 is 0 Å². The van der Waals surface area contributed by atoms with Crippen LogP contribution in [0.5, 0.6) is 0 Å². The van der Waals surface area contributed by atoms with Gasteiger partial charge < -0.3 is 9.88 Å². The Labute approximate surface area is 106 Å². The highest BCUT2D eigenvalue weighted by molar-refractivity contribution is 7.09. The summed E-state index contributed by atoms with van der Waals surface area (Å²) in [5, 5.41) is 6.64. The van der Waals surface area contributed by atoms with E-state index >= 15 is 0 Å². The maximum absolute atomic E-state index is 4.26. The van der Waals surface area contributed by atoms with Crippen molar-refractivity contribution in [3.8, 4) is 0 Å². The van der Waals surface area contributed by atoms with Gasteiger partial charge in [0.1, 0.15) is 0 Å². The van der Waals surface area contributed by atoms with Gasteiger partial charge in [0.2, 0.25) is 0 Å². The summed E-state index contributed by atoms with van der Waals surface area (Å²) in [5.74, 6) is 0. The van der Waals surface area contributed by atoms with Gasteiger partial charge in [-0.05, 0) is 6.42 Å². The van der Waals surface area contributed by atoms with Crippen molar-refractivity contribution in [2.24, 2.45) is 0 Å². The van der Waals surface area contributed by atoms with E-state index in [9.17, 15) is 0 Å². The fourth-order valence-corrected chi connectivity index (χ4v) is 2.35. The van der Waals surface area contributed by atoms with Gasteiger partial charge in [0.25, 0.3) is 0 Å². The number of rotatable bonds is 7. The molecule has 0 aliphatic rings. The molecule has 0 amide bonds. The van der Waals surface area contributed by atoms with Gasteiger partial charge in [-0.3, -0.25) is 0 Å². The van der Waals surface area contributed by atoms with Crippen molar-refractivity contribution in [1.29, 1.82) is 0 Å². The van der Waals surface area contributed by atoms with Crippen LogP contribution >= 0.6 is 11.3 Å². The monoisotopic (exact) mass is 250 g/mol. The van der Waals surface area contributed by atoms with Gasteiger partial charge in [0.15, 0.2) is 0 Å². The third kappa shape index (κ3) is 3.64. The number of nitrogens with zero attached hydrogens (tertiary/aromatic N) is 3. The van der Waals surface area contributed by atoms with E-state index in [2.05, 4.69) is 26.8 Å². The maximum Gasteiger partial charge on any atom is 0.0948 e. The highest BCUT2D eigenvalue weighted by atomic mass is 32.1. The molecule has 0 aromatic carbocycles. The standard InChI is InChI=1S/C12H18N4S/c1-2-6-16-10-14-9-11(16)8-13-4-3-12-15-5-7-17-12/h5,7,9-10,13H,2-4,6,8H2,1H3. The molecule has 2 heterocycles. The second kappa shape index (κ2) is 6.51. The Morgan fingerprint density at radius 2 is 2.41 bits per heavy atom. The van der Waals surface area contributed by atoms with Crippen LogP contribution in [-0.4, -0.2) is 21.1 Å². The Morgan fingerprint density at radius 1 is 1.47 bits per heavy atom. The Kier molecular flexibility index (Phi) is 4.70. The van der Waals surface area contributed by atoms with E-state index in [4.69, 9.17) is 0 Å². The SMILES string of the molecule is CCCn1cncc1CNCCc1nccs1. The first kappa shape index (κ1) is 12.3. The molecule has 0 unspecified atom stereocenters. The molecule has 2 rings (SSSR count). The first-order chi connectivity index (χ1) is 8.40. The predicted molar refractivity (Wildman–Crippen MR) is 70.0 cm³/mol. The first-order valence-corrected chi connectivity index (χ1v) is 6.86. The molecule has 1 N–H and O–H groups in total. The summed E-state index contributed by atoms with van der Waals surface area (Å²) < 4.78 is 2.20. The lowest BCUT2D eigenvalue weighted by Gasteiger charge is -2.07. The van der Waals surface area contributed by atoms with Crippen LogP contribution in [0, 0.1) is 0 Å². The molecule has 2 aromatic heterocycles. The smallest absolute Gasteiger partial charge is 0.0948 e. The highest BCUT2D eigenvalue weighted by Gasteiger charge is 2.01. The van der Waals surface area contributed by atoms with Gasteiger partial charge >= 0.3 is 0 Å². The summed E-state index contributed by atoms with van der Waals surface area (Å²) in [6.07, 6.45) is 7.84. The zero-order valence-electron chi connectivity index (χ0n) is 10.1. The summed E-state index contributed by atoms with van der Waals surface area (Å²) in [6.45, 7) is 5.07. The van der Waals surface area contributed by atoms with Crippen LogP contribution in [0.3, 0.4) is 0 Å². The molecule has 17 heavy (non-hydrogen) atoms. The molecule has 0 aliphatic heterocycles. The molecule has 0 fully saturated rings. The second-order valence-electron chi connectivity index (χ2n) is 3.93. The topological polar surface area (TPSA) is 42.7 Å². The molecule has 0 bridgehead atoms. The minimum absolute atomic E-state index is 0.880. The van der Waals surface area contributed by atoms with Crippen molar-refractivity contribution in [2.75, 3.05) is 6.54 Å². The molecule has 0 radical (unpaired) electrons. The molecule has 2 aromatic rings. The number of hydrogen-bond acceptors (Lipinski definition) is 4. The lowest BCUT2D eigenvalue weighted by Crippen LogP contribution is -2.18. The quantitative estimate of drug-likeness (QED) is 0.765. The van der Waals surface area contributed by atoms with E-state index in [0.717, 1.165) is 32.5 Å². The predicted octanol–water partition coefficient (Wildman–Crippen LogP) is 2.08. The summed E-state index contributed by atoms with van der Waals surface area (Å²) >= 11 is 1.71. The summed E-state index contributed by atoms with van der Waals surface area (Å²) in [5.41, 5.74) is 1.26. The van der Waals surface area contributed by atoms with Crippen LogP contribution in [-0.2, 0) is 19.5 Å². The fourth-order valence-electron chi connectivity index (χ4n) is 1.73. The van der Waals surface area contributed by atoms with E-state index in [1.807, 2.05) is 24.1 Å². The average Bonchev–Trinajstić information content (AvgIpc) is 2.96. The van der Waals surface area contributed by atoms with Crippen LogP contribution in [0.4, 0.5) is 0 Å². The van der Waals surface area contributed by atoms with Crippen LogP contribution in [0.15, 0.2) is 24.1 Å². The van der Waals surface area contributed by atoms with Crippen LogP contribution in [0.25, 0.3) is 0 Å². The Bertz CT molecular complexity index is 421. The minimum Gasteiger partial charge on any atom is -0.333 e. The Morgan fingerprint density at radius 3 is 3.18 bits per heavy atom. The third-order valence-corrected chi connectivity index (χ3v) is 3.41. The Balaban J connectivity index is 1.72. The van der Waals surface area contributed by atoms with E-state index in [0.29, 0.717) is 0 Å².